The van der Waals surface area contributed by atoms with Crippen LogP contribution in [-0.2, 0) is 72.1 Å². The molecule has 0 bridgehead atoms. The number of fused-ring (bicyclic) bond motifs is 4. The van der Waals surface area contributed by atoms with Gasteiger partial charge in [-0.05, 0) is 83.4 Å². The Morgan fingerprint density at radius 1 is 0.670 bits per heavy atom. The lowest BCUT2D eigenvalue weighted by Crippen LogP contribution is -2.47. The van der Waals surface area contributed by atoms with Crippen LogP contribution in [0.5, 0.6) is 5.75 Å². The third-order valence-electron chi connectivity index (χ3n) is 14.2. The summed E-state index contributed by atoms with van der Waals surface area (Å²) < 4.78 is 46.8. The molecular weight excluding hydrogens is 1180 g/mol. The number of ether oxygens (including phenoxy) is 9. The molecule has 1 aliphatic carbocycles. The maximum Gasteiger partial charge on any atom is 0.407 e. The predicted molar refractivity (Wildman–Crippen MR) is 319 cm³/mol. The van der Waals surface area contributed by atoms with Gasteiger partial charge in [0.25, 0.3) is 0 Å². The van der Waals surface area contributed by atoms with E-state index in [1.54, 1.807) is 32.0 Å². The lowest BCUT2D eigenvalue weighted by Gasteiger charge is -2.22. The zero-order valence-corrected chi connectivity index (χ0v) is 51.9. The number of Topliss-reactive ketones (excluding diaryl/α,β-unsaturated/α-hetero) is 1. The van der Waals surface area contributed by atoms with Crippen molar-refractivity contribution in [2.45, 2.75) is 148 Å². The second-order valence-corrected chi connectivity index (χ2v) is 20.7. The number of aliphatic hydroxyl groups excluding tert-OH is 7. The number of ketones is 1. The minimum atomic E-state index is -1.06. The van der Waals surface area contributed by atoms with E-state index in [0.29, 0.717) is 64.2 Å². The topological polar surface area (TPSA) is 399 Å². The number of nitrogens with one attached hydrogen (secondary N) is 4. The van der Waals surface area contributed by atoms with Crippen molar-refractivity contribution in [3.05, 3.63) is 76.0 Å². The molecule has 12 N–H and O–H groups in total. The third kappa shape index (κ3) is 23.0. The molecule has 1 heterocycles. The lowest BCUT2D eigenvalue weighted by atomic mass is 9.92. The van der Waals surface area contributed by atoms with Crippen LogP contribution in [0, 0.1) is 5.92 Å². The average molecular weight is 1270 g/mol. The summed E-state index contributed by atoms with van der Waals surface area (Å²) in [6, 6.07) is 11.3. The molecule has 88 heavy (non-hydrogen) atoms. The van der Waals surface area contributed by atoms with Gasteiger partial charge in [0.1, 0.15) is 25.0 Å². The number of alkyl halides is 1. The van der Waals surface area contributed by atoms with Crippen molar-refractivity contribution in [1.82, 2.24) is 20.9 Å². The highest BCUT2D eigenvalue weighted by molar-refractivity contribution is 6.19. The molecule has 0 saturated carbocycles. The number of carboxylic acid groups (broad SMARTS) is 1. The zero-order chi connectivity index (χ0) is 65.5. The molecule has 5 rings (SSSR count). The summed E-state index contributed by atoms with van der Waals surface area (Å²) in [5, 5.41) is 83.5. The maximum atomic E-state index is 14.4. The fourth-order valence-corrected chi connectivity index (χ4v) is 9.50. The molecule has 4 aromatic rings. The average Bonchev–Trinajstić information content (AvgIpc) is 1.72. The molecule has 0 radical (unpaired) electrons. The van der Waals surface area contributed by atoms with Gasteiger partial charge in [-0.25, -0.2) is 14.4 Å². The summed E-state index contributed by atoms with van der Waals surface area (Å²) in [5.41, 5.74) is 3.50. The Bertz CT molecular complexity index is 2780. The van der Waals surface area contributed by atoms with E-state index < -0.39 is 80.2 Å². The number of hydrogen-bond donors (Lipinski definition) is 12. The van der Waals surface area contributed by atoms with Crippen LogP contribution < -0.4 is 20.7 Å². The number of aromatic amines is 1. The van der Waals surface area contributed by atoms with Crippen molar-refractivity contribution in [2.75, 3.05) is 79.9 Å². The highest BCUT2D eigenvalue weighted by Gasteiger charge is 2.39. The van der Waals surface area contributed by atoms with Crippen LogP contribution in [0.2, 0.25) is 0 Å². The van der Waals surface area contributed by atoms with Crippen molar-refractivity contribution in [3.63, 3.8) is 0 Å². The van der Waals surface area contributed by atoms with Gasteiger partial charge >= 0.3 is 24.1 Å². The Balaban J connectivity index is 0.000000553. The molecule has 3 amide bonds. The number of alkyl carbamates (subject to hydrolysis) is 2. The quantitative estimate of drug-likeness (QED) is 0.0100. The van der Waals surface area contributed by atoms with E-state index in [2.05, 4.69) is 20.9 Å². The smallest absolute Gasteiger partial charge is 0.407 e. The number of carbonyl (C=O) groups excluding carboxylic acids is 5. The van der Waals surface area contributed by atoms with Gasteiger partial charge in [0, 0.05) is 69.0 Å². The minimum Gasteiger partial charge on any atom is -0.481 e. The van der Waals surface area contributed by atoms with E-state index in [1.165, 1.54) is 21.3 Å². The van der Waals surface area contributed by atoms with Crippen molar-refractivity contribution in [2.24, 2.45) is 5.92 Å². The normalized spacial score (nSPS) is 15.9. The van der Waals surface area contributed by atoms with Gasteiger partial charge in [-0.3, -0.25) is 14.4 Å². The van der Waals surface area contributed by atoms with Gasteiger partial charge in [-0.1, -0.05) is 58.9 Å². The van der Waals surface area contributed by atoms with Gasteiger partial charge in [-0.2, -0.15) is 0 Å². The molecule has 3 aromatic carbocycles. The van der Waals surface area contributed by atoms with E-state index in [4.69, 9.17) is 74.7 Å². The molecule has 494 valence electrons. The Labute approximate surface area is 516 Å². The summed E-state index contributed by atoms with van der Waals surface area (Å²) in [5.74, 6) is -3.30. The largest absolute Gasteiger partial charge is 0.481 e. The number of benzene rings is 3. The van der Waals surface area contributed by atoms with E-state index in [-0.39, 0.29) is 119 Å². The van der Waals surface area contributed by atoms with E-state index in [1.807, 2.05) is 45.0 Å². The summed E-state index contributed by atoms with van der Waals surface area (Å²) in [4.78, 5) is 78.0. The maximum absolute atomic E-state index is 14.4. The first-order valence-electron chi connectivity index (χ1n) is 28.9. The van der Waals surface area contributed by atoms with E-state index in [0.717, 1.165) is 10.9 Å². The van der Waals surface area contributed by atoms with Crippen molar-refractivity contribution in [3.8, 4) is 5.75 Å². The van der Waals surface area contributed by atoms with Crippen molar-refractivity contribution in [1.29, 1.82) is 0 Å². The van der Waals surface area contributed by atoms with Crippen LogP contribution in [0.1, 0.15) is 123 Å². The molecule has 0 saturated heterocycles. The summed E-state index contributed by atoms with van der Waals surface area (Å²) >= 11 is 6.52. The van der Waals surface area contributed by atoms with Crippen LogP contribution in [0.4, 0.5) is 9.59 Å². The number of aliphatic carboxylic acids is 1. The Morgan fingerprint density at radius 3 is 1.65 bits per heavy atom. The predicted octanol–water partition coefficient (Wildman–Crippen LogP) is 4.10. The molecule has 7 unspecified atom stereocenters. The Kier molecular flexibility index (Phi) is 35.0. The number of carboxylic acids is 1. The fraction of sp³-hybridized carbons (Fsp3) is 0.600. The van der Waals surface area contributed by atoms with Crippen molar-refractivity contribution < 1.29 is 112 Å². The van der Waals surface area contributed by atoms with Crippen LogP contribution in [-0.4, -0.2) is 205 Å². The van der Waals surface area contributed by atoms with Gasteiger partial charge in [0.05, 0.1) is 82.2 Å². The van der Waals surface area contributed by atoms with E-state index >= 15 is 0 Å². The SMILES string of the molecule is CCC(CO)OC(CO)OC.CCC(CO)OC(COC(=O)NCCC(=O)N[C@H](C(=O)Oc1cc2c(c3ccccc13)[C@H](CCl)CC2C(=O)c1cc2cc(CO)c(CO)c(CO)c2[nH]1)C(C)C)OC.CCC(CO)OC(COC(=O)NCCC(=O)O)OC. The number of amides is 3. The number of halogens is 1. The monoisotopic (exact) mass is 1270 g/mol. The van der Waals surface area contributed by atoms with Crippen molar-refractivity contribution >= 4 is 69.1 Å². The summed E-state index contributed by atoms with van der Waals surface area (Å²) in [6.45, 7) is 6.81. The molecular formula is C60H89ClN4O23. The highest BCUT2D eigenvalue weighted by Crippen LogP contribution is 2.49. The Hall–Kier alpha value is -6.15. The number of rotatable bonds is 36. The van der Waals surface area contributed by atoms with Crippen LogP contribution in [0.3, 0.4) is 0 Å². The van der Waals surface area contributed by atoms with Gasteiger partial charge in [-0.15, -0.1) is 11.6 Å². The number of esters is 1. The number of carbonyl (C=O) groups is 6. The number of H-pyrrole nitrogens is 1. The van der Waals surface area contributed by atoms with Crippen LogP contribution in [0.15, 0.2) is 42.5 Å². The minimum absolute atomic E-state index is 0.0130. The molecule has 1 aromatic heterocycles. The first-order chi connectivity index (χ1) is 42.2. The lowest BCUT2D eigenvalue weighted by molar-refractivity contribution is -0.181. The third-order valence-corrected chi connectivity index (χ3v) is 14.6. The number of aliphatic hydroxyl groups is 7. The van der Waals surface area contributed by atoms with Gasteiger partial charge in [0.2, 0.25) is 5.91 Å². The molecule has 27 nitrogen and oxygen atoms in total. The number of methoxy groups -OCH3 is 3. The number of aromatic nitrogens is 1. The fourth-order valence-electron chi connectivity index (χ4n) is 9.22. The second-order valence-electron chi connectivity index (χ2n) is 20.4. The summed E-state index contributed by atoms with van der Waals surface area (Å²) in [7, 11) is 4.22. The Morgan fingerprint density at radius 2 is 1.19 bits per heavy atom. The van der Waals surface area contributed by atoms with E-state index in [9.17, 15) is 49.2 Å². The number of hydrogen-bond acceptors (Lipinski definition) is 22. The summed E-state index contributed by atoms with van der Waals surface area (Å²) in [6.07, 6.45) is -3.06. The van der Waals surface area contributed by atoms with Gasteiger partial charge in [0.15, 0.2) is 24.7 Å². The van der Waals surface area contributed by atoms with Crippen LogP contribution in [0.25, 0.3) is 21.7 Å². The zero-order valence-electron chi connectivity index (χ0n) is 51.1. The first-order valence-corrected chi connectivity index (χ1v) is 29.4. The highest BCUT2D eigenvalue weighted by atomic mass is 35.5. The van der Waals surface area contributed by atoms with Crippen LogP contribution >= 0.6 is 11.6 Å². The van der Waals surface area contributed by atoms with Gasteiger partial charge < -0.3 is 104 Å². The molecule has 0 fully saturated rings. The molecule has 0 aliphatic heterocycles. The second kappa shape index (κ2) is 40.5. The molecule has 9 atom stereocenters. The standard InChI is InChI=1S/C42H52ClN3O12.C11H21NO7.C7H16O4/c1-5-26(18-48)57-36(55-4)21-56-42(54)44-11-10-35(51)46-38(22(2)3)41(53)58-34-15-29-30(13-24(16-43)37(29)28-9-7-6-8-27(28)34)40(52)33-14-23-12-25(17-47)31(19-49)32(20-50)39(23)45-33;1-3-8(6-13)19-10(17-2)7-18-11(16)12-5-4-9(14)15;1-3-6(4-8)11-7(5-9)10-2/h6-9,12,14-15,22,24,26,30,36,38,45,47-50H,5,10-11,13,16-21H2,1-4H3,(H,44,54)(H,46,51);8,10,13H,3-7H2,1-2H3,(H,12,16)(H,14,15);6-9H,3-5H2,1-2H3/t24-,26?,30?,36?,38-;;/m0../s1. The molecule has 1 aliphatic rings. The molecule has 0 spiro atoms. The molecule has 28 heteroatoms. The first kappa shape index (κ1) is 76.1.